The summed E-state index contributed by atoms with van der Waals surface area (Å²) < 4.78 is 7.32. The zero-order valence-corrected chi connectivity index (χ0v) is 11.5. The van der Waals surface area contributed by atoms with Crippen LogP contribution >= 0.6 is 0 Å². The summed E-state index contributed by atoms with van der Waals surface area (Å²) >= 11 is 0. The van der Waals surface area contributed by atoms with Crippen molar-refractivity contribution in [3.8, 4) is 0 Å². The van der Waals surface area contributed by atoms with Gasteiger partial charge >= 0.3 is 0 Å². The van der Waals surface area contributed by atoms with Gasteiger partial charge < -0.3 is 20.7 Å². The van der Waals surface area contributed by atoms with Gasteiger partial charge in [0.05, 0.1) is 0 Å². The molecule has 1 atom stereocenters. The molecular formula is C13H21N5O2. The van der Waals surface area contributed by atoms with Crippen molar-refractivity contribution in [2.75, 3.05) is 38.5 Å². The first kappa shape index (κ1) is 13.4. The van der Waals surface area contributed by atoms with Gasteiger partial charge in [-0.05, 0) is 19.3 Å². The Morgan fingerprint density at radius 3 is 2.90 bits per heavy atom. The fourth-order valence-corrected chi connectivity index (χ4v) is 2.69. The van der Waals surface area contributed by atoms with Crippen LogP contribution in [-0.4, -0.2) is 53.4 Å². The predicted octanol–water partition coefficient (Wildman–Crippen LogP) is 0.210. The molecule has 0 aliphatic carbocycles. The number of nitrogens with two attached hydrogens (primary N) is 1. The van der Waals surface area contributed by atoms with E-state index in [0.29, 0.717) is 24.6 Å². The van der Waals surface area contributed by atoms with Crippen molar-refractivity contribution in [2.45, 2.75) is 25.5 Å². The van der Waals surface area contributed by atoms with E-state index >= 15 is 0 Å². The van der Waals surface area contributed by atoms with Gasteiger partial charge in [0.25, 0.3) is 5.91 Å². The summed E-state index contributed by atoms with van der Waals surface area (Å²) in [6, 6.07) is 1.66. The number of nitrogens with one attached hydrogen (secondary N) is 1. The quantitative estimate of drug-likeness (QED) is 0.808. The number of hydrogen-bond donors (Lipinski definition) is 2. The largest absolute Gasteiger partial charge is 0.384 e. The molecule has 110 valence electrons. The maximum atomic E-state index is 12.4. The molecule has 0 spiro atoms. The second-order valence-electron chi connectivity index (χ2n) is 5.26. The van der Waals surface area contributed by atoms with E-state index in [-0.39, 0.29) is 12.1 Å². The van der Waals surface area contributed by atoms with E-state index in [9.17, 15) is 4.79 Å². The number of nitrogens with zero attached hydrogens (tertiary/aromatic N) is 3. The van der Waals surface area contributed by atoms with Crippen LogP contribution in [0.5, 0.6) is 0 Å². The summed E-state index contributed by atoms with van der Waals surface area (Å²) in [6.45, 7) is 3.81. The standard InChI is InChI=1S/C13H21N5O2/c14-11-9-10(13(19)17-6-4-15-5-7-17)16-18(11)12-3-1-2-8-20-12/h9,12,15H,1-8,14H2. The topological polar surface area (TPSA) is 85.4 Å². The number of aromatic nitrogens is 2. The van der Waals surface area contributed by atoms with Crippen LogP contribution in [0, 0.1) is 0 Å². The van der Waals surface area contributed by atoms with Gasteiger partial charge in [-0.3, -0.25) is 4.79 Å². The highest BCUT2D eigenvalue weighted by Crippen LogP contribution is 2.25. The third-order valence-corrected chi connectivity index (χ3v) is 3.82. The Morgan fingerprint density at radius 1 is 1.40 bits per heavy atom. The van der Waals surface area contributed by atoms with Gasteiger partial charge in [0, 0.05) is 38.9 Å². The Hall–Kier alpha value is -1.60. The summed E-state index contributed by atoms with van der Waals surface area (Å²) in [5, 5.41) is 7.59. The van der Waals surface area contributed by atoms with Crippen molar-refractivity contribution in [1.82, 2.24) is 20.0 Å². The number of carbonyl (C=O) groups is 1. The van der Waals surface area contributed by atoms with E-state index in [0.717, 1.165) is 39.0 Å². The smallest absolute Gasteiger partial charge is 0.274 e. The first-order valence-corrected chi connectivity index (χ1v) is 7.22. The van der Waals surface area contributed by atoms with Crippen LogP contribution < -0.4 is 11.1 Å². The number of hydrogen-bond acceptors (Lipinski definition) is 5. The Balaban J connectivity index is 1.75. The number of rotatable bonds is 2. The Labute approximate surface area is 118 Å². The van der Waals surface area contributed by atoms with E-state index in [1.807, 2.05) is 4.90 Å². The Bertz CT molecular complexity index is 475. The second kappa shape index (κ2) is 5.80. The lowest BCUT2D eigenvalue weighted by atomic mass is 10.2. The normalized spacial score (nSPS) is 23.8. The molecule has 2 fully saturated rings. The van der Waals surface area contributed by atoms with Crippen LogP contribution in [0.3, 0.4) is 0 Å². The minimum absolute atomic E-state index is 0.0484. The average molecular weight is 279 g/mol. The molecule has 2 saturated heterocycles. The van der Waals surface area contributed by atoms with Gasteiger partial charge in [0.1, 0.15) is 5.82 Å². The molecule has 20 heavy (non-hydrogen) atoms. The van der Waals surface area contributed by atoms with E-state index in [1.165, 1.54) is 0 Å². The molecule has 2 aliphatic heterocycles. The summed E-state index contributed by atoms with van der Waals surface area (Å²) in [4.78, 5) is 14.2. The van der Waals surface area contributed by atoms with Gasteiger partial charge in [-0.2, -0.15) is 5.10 Å². The molecule has 0 bridgehead atoms. The molecule has 1 aromatic heterocycles. The number of piperazine rings is 1. The maximum absolute atomic E-state index is 12.4. The summed E-state index contributed by atoms with van der Waals surface area (Å²) in [6.07, 6.45) is 2.94. The van der Waals surface area contributed by atoms with Crippen LogP contribution in [0.4, 0.5) is 5.82 Å². The SMILES string of the molecule is Nc1cc(C(=O)N2CCNCC2)nn1C1CCCCO1. The molecule has 7 heteroatoms. The first-order chi connectivity index (χ1) is 9.75. The molecule has 0 saturated carbocycles. The van der Waals surface area contributed by atoms with Gasteiger partial charge in [0.2, 0.25) is 0 Å². The molecule has 1 unspecified atom stereocenters. The third kappa shape index (κ3) is 2.64. The molecule has 1 aromatic rings. The number of carbonyl (C=O) groups excluding carboxylic acids is 1. The lowest BCUT2D eigenvalue weighted by molar-refractivity contribution is -0.0381. The predicted molar refractivity (Wildman–Crippen MR) is 74.3 cm³/mol. The molecule has 3 N–H and O–H groups in total. The zero-order chi connectivity index (χ0) is 13.9. The van der Waals surface area contributed by atoms with Gasteiger partial charge in [-0.25, -0.2) is 4.68 Å². The highest BCUT2D eigenvalue weighted by Gasteiger charge is 2.24. The highest BCUT2D eigenvalue weighted by molar-refractivity contribution is 5.93. The Morgan fingerprint density at radius 2 is 2.20 bits per heavy atom. The molecule has 1 amide bonds. The van der Waals surface area contributed by atoms with E-state index < -0.39 is 0 Å². The summed E-state index contributed by atoms with van der Waals surface area (Å²) in [5.74, 6) is 0.447. The molecular weight excluding hydrogens is 258 g/mol. The van der Waals surface area contributed by atoms with Crippen LogP contribution in [0.2, 0.25) is 0 Å². The van der Waals surface area contributed by atoms with Crippen LogP contribution in [0.15, 0.2) is 6.07 Å². The molecule has 0 aromatic carbocycles. The third-order valence-electron chi connectivity index (χ3n) is 3.82. The van der Waals surface area contributed by atoms with E-state index in [2.05, 4.69) is 10.4 Å². The van der Waals surface area contributed by atoms with Gasteiger partial charge in [-0.15, -0.1) is 0 Å². The van der Waals surface area contributed by atoms with Crippen molar-refractivity contribution in [1.29, 1.82) is 0 Å². The van der Waals surface area contributed by atoms with Crippen LogP contribution in [-0.2, 0) is 4.74 Å². The van der Waals surface area contributed by atoms with E-state index in [4.69, 9.17) is 10.5 Å². The van der Waals surface area contributed by atoms with Crippen LogP contribution in [0.25, 0.3) is 0 Å². The lowest BCUT2D eigenvalue weighted by Crippen LogP contribution is -2.46. The molecule has 7 nitrogen and oxygen atoms in total. The Kier molecular flexibility index (Phi) is 3.88. The fourth-order valence-electron chi connectivity index (χ4n) is 2.69. The monoisotopic (exact) mass is 279 g/mol. The highest BCUT2D eigenvalue weighted by atomic mass is 16.5. The lowest BCUT2D eigenvalue weighted by Gasteiger charge is -2.26. The van der Waals surface area contributed by atoms with Crippen molar-refractivity contribution in [2.24, 2.45) is 0 Å². The van der Waals surface area contributed by atoms with Gasteiger partial charge in [0.15, 0.2) is 11.9 Å². The van der Waals surface area contributed by atoms with Crippen LogP contribution in [0.1, 0.15) is 36.0 Å². The number of nitrogen functional groups attached to an aromatic ring is 1. The van der Waals surface area contributed by atoms with Crippen molar-refractivity contribution < 1.29 is 9.53 Å². The maximum Gasteiger partial charge on any atom is 0.274 e. The number of ether oxygens (including phenoxy) is 1. The minimum atomic E-state index is -0.131. The minimum Gasteiger partial charge on any atom is -0.384 e. The summed E-state index contributed by atoms with van der Waals surface area (Å²) in [7, 11) is 0. The van der Waals surface area contributed by atoms with Crippen molar-refractivity contribution in [3.63, 3.8) is 0 Å². The van der Waals surface area contributed by atoms with Crippen molar-refractivity contribution >= 4 is 11.7 Å². The van der Waals surface area contributed by atoms with Crippen molar-refractivity contribution in [3.05, 3.63) is 11.8 Å². The first-order valence-electron chi connectivity index (χ1n) is 7.22. The molecule has 3 heterocycles. The van der Waals surface area contributed by atoms with Gasteiger partial charge in [-0.1, -0.05) is 0 Å². The molecule has 2 aliphatic rings. The number of anilines is 1. The fraction of sp³-hybridized carbons (Fsp3) is 0.692. The molecule has 0 radical (unpaired) electrons. The number of amides is 1. The molecule has 3 rings (SSSR count). The summed E-state index contributed by atoms with van der Waals surface area (Å²) in [5.41, 5.74) is 6.39. The zero-order valence-electron chi connectivity index (χ0n) is 11.5. The van der Waals surface area contributed by atoms with E-state index in [1.54, 1.807) is 10.7 Å². The average Bonchev–Trinajstić information content (AvgIpc) is 2.90. The second-order valence-corrected chi connectivity index (χ2v) is 5.26.